The molecule has 0 radical (unpaired) electrons. The van der Waals surface area contributed by atoms with Gasteiger partial charge in [-0.2, -0.15) is 10.4 Å². The highest BCUT2D eigenvalue weighted by atomic mass is 32.1. The third kappa shape index (κ3) is 4.69. The van der Waals surface area contributed by atoms with Crippen LogP contribution in [0.4, 0.5) is 10.7 Å². The Balaban J connectivity index is 1.95. The molecule has 30 heavy (non-hydrogen) atoms. The Bertz CT molecular complexity index is 1200. The van der Waals surface area contributed by atoms with Crippen molar-refractivity contribution in [3.8, 4) is 28.5 Å². The number of hydrogen-bond acceptors (Lipinski definition) is 7. The van der Waals surface area contributed by atoms with E-state index < -0.39 is 11.7 Å². The Morgan fingerprint density at radius 3 is 2.50 bits per heavy atom. The van der Waals surface area contributed by atoms with Gasteiger partial charge in [-0.3, -0.25) is 10.00 Å². The van der Waals surface area contributed by atoms with Crippen molar-refractivity contribution in [1.29, 1.82) is 5.26 Å². The van der Waals surface area contributed by atoms with E-state index >= 15 is 0 Å². The van der Waals surface area contributed by atoms with E-state index in [2.05, 4.69) is 31.4 Å². The summed E-state index contributed by atoms with van der Waals surface area (Å²) in [6.07, 6.45) is 4.30. The number of carbonyl (C=O) groups excluding carboxylic acids is 1. The molecule has 0 aromatic carbocycles. The number of H-pyrrole nitrogens is 1. The fraction of sp³-hybridized carbons (Fsp3) is 0.300. The van der Waals surface area contributed by atoms with Crippen molar-refractivity contribution >= 4 is 24.3 Å². The van der Waals surface area contributed by atoms with Gasteiger partial charge in [0.2, 0.25) is 5.95 Å². The molecule has 0 atom stereocenters. The summed E-state index contributed by atoms with van der Waals surface area (Å²) in [5.74, 6) is 0.114. The zero-order chi connectivity index (χ0) is 22.1. The van der Waals surface area contributed by atoms with Crippen LogP contribution in [-0.4, -0.2) is 36.4 Å². The summed E-state index contributed by atoms with van der Waals surface area (Å²) in [6, 6.07) is 3.98. The van der Waals surface area contributed by atoms with Gasteiger partial charge in [-0.25, -0.2) is 14.8 Å². The lowest BCUT2D eigenvalue weighted by Gasteiger charge is -2.19. The molecule has 0 spiro atoms. The number of rotatable bonds is 3. The van der Waals surface area contributed by atoms with Crippen LogP contribution in [0.3, 0.4) is 0 Å². The molecule has 0 saturated carbocycles. The van der Waals surface area contributed by atoms with Crippen LogP contribution < -0.4 is 5.32 Å². The molecule has 3 rings (SSSR count). The van der Waals surface area contributed by atoms with Gasteiger partial charge in [0.1, 0.15) is 16.3 Å². The van der Waals surface area contributed by atoms with Gasteiger partial charge in [0.15, 0.2) is 0 Å². The lowest BCUT2D eigenvalue weighted by Crippen LogP contribution is -2.27. The quantitative estimate of drug-likeness (QED) is 0.607. The van der Waals surface area contributed by atoms with E-state index in [1.165, 1.54) is 0 Å². The molecular weight excluding hydrogens is 402 g/mol. The third-order valence-electron chi connectivity index (χ3n) is 4.02. The van der Waals surface area contributed by atoms with Gasteiger partial charge in [0.25, 0.3) is 0 Å². The first-order valence-electron chi connectivity index (χ1n) is 9.08. The van der Waals surface area contributed by atoms with Crippen molar-refractivity contribution in [3.05, 3.63) is 40.6 Å². The number of amides is 1. The van der Waals surface area contributed by atoms with Gasteiger partial charge in [0, 0.05) is 42.3 Å². The van der Waals surface area contributed by atoms with Crippen LogP contribution in [0, 0.1) is 22.9 Å². The molecular formula is C20H21N7O2S. The molecule has 154 valence electrons. The van der Waals surface area contributed by atoms with E-state index in [-0.39, 0.29) is 5.95 Å². The highest BCUT2D eigenvalue weighted by Gasteiger charge is 2.18. The number of ether oxygens (including phenoxy) is 1. The summed E-state index contributed by atoms with van der Waals surface area (Å²) in [5.41, 5.74) is 3.31. The Morgan fingerprint density at radius 2 is 1.97 bits per heavy atom. The molecule has 0 aliphatic carbocycles. The van der Waals surface area contributed by atoms with Crippen LogP contribution in [0.15, 0.2) is 24.7 Å². The Labute approximate surface area is 178 Å². The Morgan fingerprint density at radius 1 is 1.30 bits per heavy atom. The number of aromatic nitrogens is 5. The van der Waals surface area contributed by atoms with Crippen LogP contribution >= 0.6 is 12.2 Å². The summed E-state index contributed by atoms with van der Waals surface area (Å²) in [5, 5.41) is 16.4. The van der Waals surface area contributed by atoms with Crippen molar-refractivity contribution < 1.29 is 9.53 Å². The van der Waals surface area contributed by atoms with Gasteiger partial charge in [-0.05, 0) is 33.8 Å². The van der Waals surface area contributed by atoms with E-state index in [4.69, 9.17) is 17.0 Å². The molecule has 3 heterocycles. The first-order chi connectivity index (χ1) is 14.1. The second kappa shape index (κ2) is 8.04. The summed E-state index contributed by atoms with van der Waals surface area (Å²) in [4.78, 5) is 23.2. The minimum Gasteiger partial charge on any atom is -0.444 e. The molecule has 10 heteroatoms. The molecule has 0 fully saturated rings. The average Bonchev–Trinajstić information content (AvgIpc) is 2.98. The maximum absolute atomic E-state index is 11.9. The van der Waals surface area contributed by atoms with Gasteiger partial charge in [-0.1, -0.05) is 12.2 Å². The number of nitriles is 1. The smallest absolute Gasteiger partial charge is 0.414 e. The predicted molar refractivity (Wildman–Crippen MR) is 114 cm³/mol. The van der Waals surface area contributed by atoms with Crippen LogP contribution in [0.25, 0.3) is 22.4 Å². The van der Waals surface area contributed by atoms with Crippen LogP contribution in [0.1, 0.15) is 32.0 Å². The molecule has 3 aromatic rings. The fourth-order valence-electron chi connectivity index (χ4n) is 2.83. The molecule has 0 unspecified atom stereocenters. The Kier molecular flexibility index (Phi) is 5.67. The molecule has 0 aliphatic heterocycles. The first kappa shape index (κ1) is 21.1. The number of carbonyl (C=O) groups is 1. The van der Waals surface area contributed by atoms with E-state index in [1.807, 2.05) is 26.2 Å². The number of aryl methyl sites for hydroxylation is 2. The maximum atomic E-state index is 11.9. The van der Waals surface area contributed by atoms with E-state index in [0.29, 0.717) is 27.0 Å². The molecule has 2 N–H and O–H groups in total. The number of pyridine rings is 1. The fourth-order valence-corrected chi connectivity index (χ4v) is 3.09. The minimum absolute atomic E-state index is 0.114. The molecule has 9 nitrogen and oxygen atoms in total. The topological polar surface area (TPSA) is 122 Å². The Hall–Kier alpha value is -3.58. The number of nitrogens with one attached hydrogen (secondary N) is 2. The van der Waals surface area contributed by atoms with Crippen LogP contribution in [-0.2, 0) is 11.8 Å². The summed E-state index contributed by atoms with van der Waals surface area (Å²) in [7, 11) is 1.82. The molecule has 3 aromatic heterocycles. The molecule has 1 amide bonds. The van der Waals surface area contributed by atoms with Gasteiger partial charge in [0.05, 0.1) is 17.0 Å². The van der Waals surface area contributed by atoms with Crippen LogP contribution in [0.2, 0.25) is 0 Å². The molecule has 0 bridgehead atoms. The minimum atomic E-state index is -0.637. The number of aromatic amines is 1. The highest BCUT2D eigenvalue weighted by Crippen LogP contribution is 2.30. The van der Waals surface area contributed by atoms with E-state index in [1.54, 1.807) is 37.8 Å². The second-order valence-electron chi connectivity index (χ2n) is 7.64. The molecule has 0 aliphatic rings. The normalized spacial score (nSPS) is 11.1. The van der Waals surface area contributed by atoms with Crippen LogP contribution in [0.5, 0.6) is 0 Å². The van der Waals surface area contributed by atoms with Crippen molar-refractivity contribution in [1.82, 2.24) is 24.7 Å². The van der Waals surface area contributed by atoms with Crippen molar-refractivity contribution in [2.75, 3.05) is 5.32 Å². The summed E-state index contributed by atoms with van der Waals surface area (Å²) < 4.78 is 7.18. The monoisotopic (exact) mass is 423 g/mol. The average molecular weight is 424 g/mol. The SMILES string of the molecule is Cc1nn(C)cc1-c1cc(-c2cnc(NC(=O)OC(C)(C)C)nc2)[nH]c(=S)c1C#N. The lowest BCUT2D eigenvalue weighted by atomic mass is 10.0. The number of nitrogens with zero attached hydrogens (tertiary/aromatic N) is 5. The number of anilines is 1. The first-order valence-corrected chi connectivity index (χ1v) is 9.48. The van der Waals surface area contributed by atoms with Crippen molar-refractivity contribution in [3.63, 3.8) is 0 Å². The number of hydrogen-bond donors (Lipinski definition) is 2. The summed E-state index contributed by atoms with van der Waals surface area (Å²) in [6.45, 7) is 7.18. The lowest BCUT2D eigenvalue weighted by molar-refractivity contribution is 0.0634. The van der Waals surface area contributed by atoms with E-state index in [9.17, 15) is 10.1 Å². The van der Waals surface area contributed by atoms with Gasteiger partial charge >= 0.3 is 6.09 Å². The zero-order valence-corrected chi connectivity index (χ0v) is 18.1. The maximum Gasteiger partial charge on any atom is 0.414 e. The standard InChI is InChI=1S/C20H21N7O2S/c1-11-15(10-27(5)26-11)13-6-16(24-17(30)14(13)7-21)12-8-22-18(23-9-12)25-19(28)29-20(2,3)4/h6,8-10H,1-5H3,(H,24,30)(H,22,23,25,28). The zero-order valence-electron chi connectivity index (χ0n) is 17.3. The van der Waals surface area contributed by atoms with Crippen molar-refractivity contribution in [2.45, 2.75) is 33.3 Å². The third-order valence-corrected chi connectivity index (χ3v) is 4.33. The van der Waals surface area contributed by atoms with Gasteiger partial charge in [-0.15, -0.1) is 0 Å². The summed E-state index contributed by atoms with van der Waals surface area (Å²) >= 11 is 5.39. The van der Waals surface area contributed by atoms with E-state index in [0.717, 1.165) is 11.3 Å². The predicted octanol–water partition coefficient (Wildman–Crippen LogP) is 4.13. The van der Waals surface area contributed by atoms with Crippen molar-refractivity contribution in [2.24, 2.45) is 7.05 Å². The molecule has 0 saturated heterocycles. The second-order valence-corrected chi connectivity index (χ2v) is 8.04. The highest BCUT2D eigenvalue weighted by molar-refractivity contribution is 7.71. The van der Waals surface area contributed by atoms with Gasteiger partial charge < -0.3 is 9.72 Å². The largest absolute Gasteiger partial charge is 0.444 e.